The van der Waals surface area contributed by atoms with Crippen molar-refractivity contribution in [3.63, 3.8) is 0 Å². The number of rotatable bonds is 5. The van der Waals surface area contributed by atoms with Crippen LogP contribution >= 0.6 is 12.4 Å². The van der Waals surface area contributed by atoms with Crippen LogP contribution in [0.15, 0.2) is 18.2 Å². The highest BCUT2D eigenvalue weighted by atomic mass is 35.5. The lowest BCUT2D eigenvalue weighted by molar-refractivity contribution is -0.116. The molecule has 1 rings (SSSR count). The molecule has 2 amide bonds. The van der Waals surface area contributed by atoms with Gasteiger partial charge in [0.05, 0.1) is 0 Å². The monoisotopic (exact) mass is 299 g/mol. The van der Waals surface area contributed by atoms with Crippen LogP contribution in [0.5, 0.6) is 0 Å². The molecule has 0 heterocycles. The van der Waals surface area contributed by atoms with Crippen LogP contribution in [0.1, 0.15) is 22.3 Å². The zero-order valence-electron chi connectivity index (χ0n) is 12.3. The fourth-order valence-electron chi connectivity index (χ4n) is 1.68. The number of benzene rings is 1. The Morgan fingerprint density at radius 3 is 2.40 bits per heavy atom. The predicted molar refractivity (Wildman–Crippen MR) is 83.6 cm³/mol. The number of nitrogens with zero attached hydrogens (tertiary/aromatic N) is 1. The summed E-state index contributed by atoms with van der Waals surface area (Å²) in [6.45, 7) is 2.50. The summed E-state index contributed by atoms with van der Waals surface area (Å²) in [5.41, 5.74) is 2.22. The van der Waals surface area contributed by atoms with E-state index in [1.54, 1.807) is 33.3 Å². The molecule has 0 radical (unpaired) electrons. The summed E-state index contributed by atoms with van der Waals surface area (Å²) in [5.74, 6) is -0.0778. The van der Waals surface area contributed by atoms with Gasteiger partial charge in [-0.15, -0.1) is 12.4 Å². The van der Waals surface area contributed by atoms with Crippen LogP contribution in [-0.2, 0) is 4.79 Å². The van der Waals surface area contributed by atoms with Crippen LogP contribution in [0.2, 0.25) is 0 Å². The molecule has 0 spiro atoms. The number of carbonyl (C=O) groups is 2. The predicted octanol–water partition coefficient (Wildman–Crippen LogP) is 1.67. The molecule has 0 aliphatic rings. The normalized spacial score (nSPS) is 9.60. The molecule has 0 aromatic heterocycles. The fraction of sp³-hybridized carbons (Fsp3) is 0.429. The number of carbonyl (C=O) groups excluding carboxylic acids is 2. The molecule has 1 aromatic rings. The zero-order chi connectivity index (χ0) is 14.4. The Morgan fingerprint density at radius 2 is 1.90 bits per heavy atom. The van der Waals surface area contributed by atoms with Gasteiger partial charge in [0.2, 0.25) is 5.91 Å². The van der Waals surface area contributed by atoms with Gasteiger partial charge < -0.3 is 15.5 Å². The molecule has 6 heteroatoms. The first-order chi connectivity index (χ1) is 8.95. The van der Waals surface area contributed by atoms with Gasteiger partial charge >= 0.3 is 0 Å². The van der Waals surface area contributed by atoms with Gasteiger partial charge in [-0.05, 0) is 37.7 Å². The van der Waals surface area contributed by atoms with Crippen LogP contribution in [0, 0.1) is 6.92 Å². The van der Waals surface area contributed by atoms with E-state index in [1.807, 2.05) is 13.0 Å². The Labute approximate surface area is 126 Å². The molecule has 0 atom stereocenters. The van der Waals surface area contributed by atoms with E-state index in [-0.39, 0.29) is 24.2 Å². The Kier molecular flexibility index (Phi) is 7.87. The molecule has 5 nitrogen and oxygen atoms in total. The number of halogens is 1. The summed E-state index contributed by atoms with van der Waals surface area (Å²) in [4.78, 5) is 25.0. The Bertz CT molecular complexity index is 475. The fourth-order valence-corrected chi connectivity index (χ4v) is 1.68. The van der Waals surface area contributed by atoms with E-state index in [9.17, 15) is 9.59 Å². The second-order valence-corrected chi connectivity index (χ2v) is 4.63. The number of amides is 2. The average molecular weight is 300 g/mol. The molecule has 0 aliphatic heterocycles. The second kappa shape index (κ2) is 8.55. The number of nitrogens with one attached hydrogen (secondary N) is 2. The van der Waals surface area contributed by atoms with Crippen LogP contribution in [0.25, 0.3) is 0 Å². The summed E-state index contributed by atoms with van der Waals surface area (Å²) in [5, 5.41) is 5.73. The number of hydrogen-bond acceptors (Lipinski definition) is 3. The van der Waals surface area contributed by atoms with Crippen LogP contribution in [0.4, 0.5) is 5.69 Å². The molecule has 2 N–H and O–H groups in total. The van der Waals surface area contributed by atoms with Crippen LogP contribution in [-0.4, -0.2) is 44.4 Å². The molecule has 1 aromatic carbocycles. The van der Waals surface area contributed by atoms with Crippen molar-refractivity contribution in [3.05, 3.63) is 29.3 Å². The molecular formula is C14H22ClN3O2. The highest BCUT2D eigenvalue weighted by molar-refractivity contribution is 5.97. The van der Waals surface area contributed by atoms with Crippen molar-refractivity contribution in [1.29, 1.82) is 0 Å². The van der Waals surface area contributed by atoms with Gasteiger partial charge in [-0.2, -0.15) is 0 Å². The van der Waals surface area contributed by atoms with Crippen molar-refractivity contribution in [1.82, 2.24) is 10.2 Å². The van der Waals surface area contributed by atoms with E-state index >= 15 is 0 Å². The van der Waals surface area contributed by atoms with Gasteiger partial charge in [0.1, 0.15) is 0 Å². The molecular weight excluding hydrogens is 278 g/mol. The van der Waals surface area contributed by atoms with E-state index in [4.69, 9.17) is 0 Å². The largest absolute Gasteiger partial charge is 0.345 e. The van der Waals surface area contributed by atoms with E-state index in [0.29, 0.717) is 24.2 Å². The minimum atomic E-state index is -0.0413. The van der Waals surface area contributed by atoms with Crippen molar-refractivity contribution in [2.75, 3.05) is 33.0 Å². The van der Waals surface area contributed by atoms with E-state index < -0.39 is 0 Å². The Balaban J connectivity index is 0.00000361. The molecule has 0 bridgehead atoms. The lowest BCUT2D eigenvalue weighted by Crippen LogP contribution is -2.23. The average Bonchev–Trinajstić information content (AvgIpc) is 2.35. The third-order valence-electron chi connectivity index (χ3n) is 2.75. The van der Waals surface area contributed by atoms with Crippen molar-refractivity contribution < 1.29 is 9.59 Å². The van der Waals surface area contributed by atoms with Crippen molar-refractivity contribution in [2.24, 2.45) is 0 Å². The molecule has 0 fully saturated rings. The Hall–Kier alpha value is -1.59. The maximum atomic E-state index is 11.9. The van der Waals surface area contributed by atoms with Gasteiger partial charge in [0, 0.05) is 38.3 Å². The van der Waals surface area contributed by atoms with Gasteiger partial charge in [0.15, 0.2) is 0 Å². The molecule has 112 valence electrons. The first-order valence-corrected chi connectivity index (χ1v) is 6.22. The maximum Gasteiger partial charge on any atom is 0.253 e. The molecule has 0 saturated carbocycles. The lowest BCUT2D eigenvalue weighted by atomic mass is 10.1. The van der Waals surface area contributed by atoms with Crippen LogP contribution < -0.4 is 10.6 Å². The van der Waals surface area contributed by atoms with Crippen molar-refractivity contribution in [2.45, 2.75) is 13.3 Å². The van der Waals surface area contributed by atoms with E-state index in [1.165, 1.54) is 4.90 Å². The van der Waals surface area contributed by atoms with E-state index in [0.717, 1.165) is 5.56 Å². The van der Waals surface area contributed by atoms with Gasteiger partial charge in [-0.3, -0.25) is 9.59 Å². The minimum absolute atomic E-state index is 0. The summed E-state index contributed by atoms with van der Waals surface area (Å²) in [6.07, 6.45) is 0.425. The highest BCUT2D eigenvalue weighted by Gasteiger charge is 2.11. The van der Waals surface area contributed by atoms with Gasteiger partial charge in [-0.1, -0.05) is 0 Å². The third kappa shape index (κ3) is 5.19. The Morgan fingerprint density at radius 1 is 1.25 bits per heavy atom. The number of aryl methyl sites for hydroxylation is 1. The standard InChI is InChI=1S/C14H21N3O2.ClH/c1-10-9-11(16-13(18)7-8-15-2)5-6-12(10)14(19)17(3)4;/h5-6,9,15H,7-8H2,1-4H3,(H,16,18);1H. The van der Waals surface area contributed by atoms with Gasteiger partial charge in [0.25, 0.3) is 5.91 Å². The maximum absolute atomic E-state index is 11.9. The molecule has 0 aliphatic carbocycles. The molecule has 0 saturated heterocycles. The molecule has 20 heavy (non-hydrogen) atoms. The highest BCUT2D eigenvalue weighted by Crippen LogP contribution is 2.16. The van der Waals surface area contributed by atoms with Crippen molar-refractivity contribution in [3.8, 4) is 0 Å². The summed E-state index contributed by atoms with van der Waals surface area (Å²) >= 11 is 0. The number of anilines is 1. The number of hydrogen-bond donors (Lipinski definition) is 2. The second-order valence-electron chi connectivity index (χ2n) is 4.63. The summed E-state index contributed by atoms with van der Waals surface area (Å²) in [6, 6.07) is 5.31. The summed E-state index contributed by atoms with van der Waals surface area (Å²) in [7, 11) is 5.24. The topological polar surface area (TPSA) is 61.4 Å². The van der Waals surface area contributed by atoms with Crippen LogP contribution in [0.3, 0.4) is 0 Å². The third-order valence-corrected chi connectivity index (χ3v) is 2.75. The minimum Gasteiger partial charge on any atom is -0.345 e. The first kappa shape index (κ1) is 18.4. The quantitative estimate of drug-likeness (QED) is 0.869. The smallest absolute Gasteiger partial charge is 0.253 e. The first-order valence-electron chi connectivity index (χ1n) is 6.22. The van der Waals surface area contributed by atoms with Crippen molar-refractivity contribution >= 4 is 29.9 Å². The SMILES string of the molecule is CNCCC(=O)Nc1ccc(C(=O)N(C)C)c(C)c1.Cl. The molecule has 0 unspecified atom stereocenters. The zero-order valence-corrected chi connectivity index (χ0v) is 13.1. The van der Waals surface area contributed by atoms with Gasteiger partial charge in [-0.25, -0.2) is 0 Å². The summed E-state index contributed by atoms with van der Waals surface area (Å²) < 4.78 is 0. The van der Waals surface area contributed by atoms with E-state index in [2.05, 4.69) is 10.6 Å². The lowest BCUT2D eigenvalue weighted by Gasteiger charge is -2.13.